The number of rotatable bonds is 5. The monoisotopic (exact) mass is 341 g/mol. The number of carbonyl (C=O) groups is 1. The van der Waals surface area contributed by atoms with Gasteiger partial charge in [-0.2, -0.15) is 0 Å². The first-order chi connectivity index (χ1) is 12.3. The lowest BCUT2D eigenvalue weighted by molar-refractivity contribution is -0.142. The highest BCUT2D eigenvalue weighted by molar-refractivity contribution is 5.81. The topological polar surface area (TPSA) is 38.8 Å². The van der Waals surface area contributed by atoms with Crippen LogP contribution in [0.2, 0.25) is 0 Å². The molecule has 1 fully saturated rings. The zero-order valence-corrected chi connectivity index (χ0v) is 14.8. The van der Waals surface area contributed by atoms with Crippen molar-refractivity contribution in [3.8, 4) is 5.75 Å². The van der Waals surface area contributed by atoms with Crippen molar-refractivity contribution in [1.82, 2.24) is 4.90 Å². The van der Waals surface area contributed by atoms with Gasteiger partial charge >= 0.3 is 0 Å². The van der Waals surface area contributed by atoms with E-state index in [1.807, 2.05) is 4.90 Å². The van der Waals surface area contributed by atoms with Gasteiger partial charge in [0.25, 0.3) is 5.91 Å². The number of allylic oxidation sites excluding steroid dienone is 2. The Hall–Kier alpha value is -1.81. The molecule has 0 unspecified atom stereocenters. The van der Waals surface area contributed by atoms with Crippen molar-refractivity contribution in [3.05, 3.63) is 41.5 Å². The fourth-order valence-electron chi connectivity index (χ4n) is 4.10. The summed E-state index contributed by atoms with van der Waals surface area (Å²) in [6.07, 6.45) is 10.5. The van der Waals surface area contributed by atoms with Crippen molar-refractivity contribution in [3.63, 3.8) is 0 Å². The van der Waals surface area contributed by atoms with Gasteiger partial charge < -0.3 is 14.4 Å². The molecule has 0 bridgehead atoms. The highest BCUT2D eigenvalue weighted by atomic mass is 16.5. The normalized spacial score (nSPS) is 24.8. The summed E-state index contributed by atoms with van der Waals surface area (Å²) in [7, 11) is 0. The number of nitrogens with zero attached hydrogens (tertiary/aromatic N) is 1. The number of hydrogen-bond donors (Lipinski definition) is 0. The first-order valence-electron chi connectivity index (χ1n) is 9.59. The quantitative estimate of drug-likeness (QED) is 0.770. The molecule has 0 aromatic heterocycles. The molecule has 1 saturated heterocycles. The fourth-order valence-corrected chi connectivity index (χ4v) is 4.10. The van der Waals surface area contributed by atoms with E-state index in [0.717, 1.165) is 51.0 Å². The van der Waals surface area contributed by atoms with Gasteiger partial charge in [0.15, 0.2) is 0 Å². The molecule has 2 aliphatic heterocycles. The van der Waals surface area contributed by atoms with E-state index in [0.29, 0.717) is 19.1 Å². The largest absolute Gasteiger partial charge is 0.493 e. The lowest BCUT2D eigenvalue weighted by Gasteiger charge is -2.30. The number of ether oxygens (including phenoxy) is 2. The molecular formula is C21H27NO3. The van der Waals surface area contributed by atoms with Crippen LogP contribution < -0.4 is 4.74 Å². The summed E-state index contributed by atoms with van der Waals surface area (Å²) in [5.41, 5.74) is 2.46. The van der Waals surface area contributed by atoms with Gasteiger partial charge in [-0.3, -0.25) is 4.79 Å². The third kappa shape index (κ3) is 3.90. The van der Waals surface area contributed by atoms with Crippen LogP contribution in [0.1, 0.15) is 43.2 Å². The molecular weight excluding hydrogens is 314 g/mol. The van der Waals surface area contributed by atoms with Crippen LogP contribution in [0, 0.1) is 5.92 Å². The third-order valence-corrected chi connectivity index (χ3v) is 5.50. The molecule has 2 atom stereocenters. The van der Waals surface area contributed by atoms with Crippen molar-refractivity contribution in [2.75, 3.05) is 19.8 Å². The molecule has 25 heavy (non-hydrogen) atoms. The maximum absolute atomic E-state index is 13.0. The molecule has 0 N–H and O–H groups in total. The van der Waals surface area contributed by atoms with Gasteiger partial charge in [-0.25, -0.2) is 0 Å². The molecule has 1 aliphatic carbocycles. The molecule has 0 saturated carbocycles. The zero-order chi connectivity index (χ0) is 17.1. The third-order valence-electron chi connectivity index (χ3n) is 5.50. The SMILES string of the molecule is O=C([C@@H]1CCCO1)N(Cc1ccc2c(c1)CCO2)C[C@@H]1CC=CCC1. The summed E-state index contributed by atoms with van der Waals surface area (Å²) in [6, 6.07) is 6.36. The van der Waals surface area contributed by atoms with Crippen molar-refractivity contribution in [2.45, 2.75) is 51.2 Å². The Morgan fingerprint density at radius 1 is 1.20 bits per heavy atom. The zero-order valence-electron chi connectivity index (χ0n) is 14.8. The van der Waals surface area contributed by atoms with Crippen LogP contribution >= 0.6 is 0 Å². The molecule has 3 aliphatic rings. The van der Waals surface area contributed by atoms with Crippen LogP contribution in [0.3, 0.4) is 0 Å². The Bertz CT molecular complexity index is 649. The standard InChI is InChI=1S/C21H27NO3/c23-21(20-7-4-11-24-20)22(14-16-5-2-1-3-6-16)15-17-8-9-19-18(13-17)10-12-25-19/h1-2,8-9,13,16,20H,3-7,10-12,14-15H2/t16-,20+/m1/s1. The van der Waals surface area contributed by atoms with E-state index in [1.54, 1.807) is 0 Å². The van der Waals surface area contributed by atoms with Crippen molar-refractivity contribution in [2.24, 2.45) is 5.92 Å². The maximum Gasteiger partial charge on any atom is 0.252 e. The van der Waals surface area contributed by atoms with Crippen LogP contribution in [0.5, 0.6) is 5.75 Å². The molecule has 1 aromatic rings. The molecule has 0 radical (unpaired) electrons. The van der Waals surface area contributed by atoms with Gasteiger partial charge in [0.1, 0.15) is 11.9 Å². The van der Waals surface area contributed by atoms with Crippen LogP contribution in [-0.4, -0.2) is 36.7 Å². The van der Waals surface area contributed by atoms with Crippen molar-refractivity contribution in [1.29, 1.82) is 0 Å². The summed E-state index contributed by atoms with van der Waals surface area (Å²) < 4.78 is 11.3. The van der Waals surface area contributed by atoms with E-state index in [1.165, 1.54) is 17.5 Å². The Morgan fingerprint density at radius 3 is 2.96 bits per heavy atom. The van der Waals surface area contributed by atoms with Gasteiger partial charge in [0.2, 0.25) is 0 Å². The number of benzene rings is 1. The number of carbonyl (C=O) groups excluding carboxylic acids is 1. The van der Waals surface area contributed by atoms with Crippen LogP contribution in [0.4, 0.5) is 0 Å². The van der Waals surface area contributed by atoms with E-state index >= 15 is 0 Å². The number of fused-ring (bicyclic) bond motifs is 1. The summed E-state index contributed by atoms with van der Waals surface area (Å²) in [5.74, 6) is 1.73. The number of amides is 1. The molecule has 4 nitrogen and oxygen atoms in total. The molecule has 1 aromatic carbocycles. The smallest absolute Gasteiger partial charge is 0.252 e. The summed E-state index contributed by atoms with van der Waals surface area (Å²) in [6.45, 7) is 2.99. The minimum absolute atomic E-state index is 0.170. The van der Waals surface area contributed by atoms with Gasteiger partial charge in [-0.1, -0.05) is 24.3 Å². The fraction of sp³-hybridized carbons (Fsp3) is 0.571. The lowest BCUT2D eigenvalue weighted by Crippen LogP contribution is -2.41. The Labute approximate surface area is 149 Å². The van der Waals surface area contributed by atoms with Gasteiger partial charge in [0, 0.05) is 26.1 Å². The minimum Gasteiger partial charge on any atom is -0.493 e. The van der Waals surface area contributed by atoms with Gasteiger partial charge in [0.05, 0.1) is 6.61 Å². The maximum atomic E-state index is 13.0. The van der Waals surface area contributed by atoms with Gasteiger partial charge in [-0.05, 0) is 55.2 Å². The average molecular weight is 341 g/mol. The van der Waals surface area contributed by atoms with E-state index < -0.39 is 0 Å². The molecule has 0 spiro atoms. The van der Waals surface area contributed by atoms with E-state index in [-0.39, 0.29) is 12.0 Å². The second-order valence-electron chi connectivity index (χ2n) is 7.41. The Morgan fingerprint density at radius 2 is 2.16 bits per heavy atom. The molecule has 4 rings (SSSR count). The number of hydrogen-bond acceptors (Lipinski definition) is 3. The summed E-state index contributed by atoms with van der Waals surface area (Å²) in [4.78, 5) is 15.1. The molecule has 4 heteroatoms. The van der Waals surface area contributed by atoms with Crippen LogP contribution in [0.25, 0.3) is 0 Å². The van der Waals surface area contributed by atoms with E-state index in [9.17, 15) is 4.79 Å². The van der Waals surface area contributed by atoms with Gasteiger partial charge in [-0.15, -0.1) is 0 Å². The first kappa shape index (κ1) is 16.6. The minimum atomic E-state index is -0.239. The first-order valence-corrected chi connectivity index (χ1v) is 9.59. The van der Waals surface area contributed by atoms with E-state index in [2.05, 4.69) is 30.4 Å². The second-order valence-corrected chi connectivity index (χ2v) is 7.41. The lowest BCUT2D eigenvalue weighted by atomic mass is 9.93. The highest BCUT2D eigenvalue weighted by Crippen LogP contribution is 2.28. The van der Waals surface area contributed by atoms with Crippen LogP contribution in [0.15, 0.2) is 30.4 Å². The highest BCUT2D eigenvalue weighted by Gasteiger charge is 2.30. The van der Waals surface area contributed by atoms with Crippen molar-refractivity contribution >= 4 is 5.91 Å². The molecule has 134 valence electrons. The Kier molecular flexibility index (Phi) is 5.07. The van der Waals surface area contributed by atoms with E-state index in [4.69, 9.17) is 9.47 Å². The van der Waals surface area contributed by atoms with Crippen molar-refractivity contribution < 1.29 is 14.3 Å². The summed E-state index contributed by atoms with van der Waals surface area (Å²) in [5, 5.41) is 0. The summed E-state index contributed by atoms with van der Waals surface area (Å²) >= 11 is 0. The molecule has 2 heterocycles. The second kappa shape index (κ2) is 7.61. The predicted molar refractivity (Wildman–Crippen MR) is 96.5 cm³/mol. The van der Waals surface area contributed by atoms with Crippen LogP contribution in [-0.2, 0) is 22.5 Å². The average Bonchev–Trinajstić information content (AvgIpc) is 3.33. The Balaban J connectivity index is 1.49. The predicted octanol–water partition coefficient (Wildman–Crippen LogP) is 3.49. The molecule has 1 amide bonds.